The maximum atomic E-state index is 4.22. The third-order valence-corrected chi connectivity index (χ3v) is 4.81. The molecule has 1 N–H and O–H groups in total. The molecule has 0 aromatic carbocycles. The summed E-state index contributed by atoms with van der Waals surface area (Å²) in [5, 5.41) is 4.08. The highest BCUT2D eigenvalue weighted by molar-refractivity contribution is 8.01. The van der Waals surface area contributed by atoms with Crippen molar-refractivity contribution in [3.05, 3.63) is 6.33 Å². The quantitative estimate of drug-likeness (QED) is 0.862. The third-order valence-electron chi connectivity index (χ3n) is 2.67. The van der Waals surface area contributed by atoms with Crippen LogP contribution in [-0.2, 0) is 0 Å². The summed E-state index contributed by atoms with van der Waals surface area (Å²) in [4.78, 5) is 4.22. The molecule has 1 aliphatic carbocycles. The van der Waals surface area contributed by atoms with Crippen molar-refractivity contribution >= 4 is 23.3 Å². The first-order valence-electron chi connectivity index (χ1n) is 5.01. The predicted molar refractivity (Wildman–Crippen MR) is 60.9 cm³/mol. The zero-order valence-corrected chi connectivity index (χ0v) is 9.90. The Hall–Kier alpha value is -0.130. The van der Waals surface area contributed by atoms with E-state index in [-0.39, 0.29) is 0 Å². The summed E-state index contributed by atoms with van der Waals surface area (Å²) in [6, 6.07) is 0.651. The summed E-state index contributed by atoms with van der Waals surface area (Å²) in [6.45, 7) is 0. The van der Waals surface area contributed by atoms with E-state index in [1.165, 1.54) is 37.2 Å². The van der Waals surface area contributed by atoms with Gasteiger partial charge in [0.15, 0.2) is 4.34 Å². The fourth-order valence-corrected chi connectivity index (χ4v) is 3.95. The van der Waals surface area contributed by atoms with Crippen LogP contribution in [0.3, 0.4) is 0 Å². The number of hydrogen-bond donors (Lipinski definition) is 1. The van der Waals surface area contributed by atoms with Gasteiger partial charge in [-0.15, -0.1) is 0 Å². The molecule has 5 heteroatoms. The Morgan fingerprint density at radius 1 is 1.50 bits per heavy atom. The smallest absolute Gasteiger partial charge is 0.170 e. The van der Waals surface area contributed by atoms with E-state index in [0.29, 0.717) is 11.3 Å². The minimum absolute atomic E-state index is 0.651. The van der Waals surface area contributed by atoms with E-state index in [4.69, 9.17) is 0 Å². The van der Waals surface area contributed by atoms with E-state index in [9.17, 15) is 0 Å². The van der Waals surface area contributed by atoms with Crippen LogP contribution in [0, 0.1) is 0 Å². The minimum Gasteiger partial charge on any atom is -0.316 e. The van der Waals surface area contributed by atoms with Gasteiger partial charge in [0.05, 0.1) is 0 Å². The molecule has 2 rings (SSSR count). The van der Waals surface area contributed by atoms with Gasteiger partial charge in [-0.1, -0.05) is 24.6 Å². The Kier molecular flexibility index (Phi) is 3.78. The second-order valence-corrected chi connectivity index (χ2v) is 5.81. The molecule has 1 heterocycles. The summed E-state index contributed by atoms with van der Waals surface area (Å²) in [5.74, 6) is 0. The van der Waals surface area contributed by atoms with Crippen LogP contribution >= 0.6 is 23.3 Å². The fraction of sp³-hybridized carbons (Fsp3) is 0.778. The summed E-state index contributed by atoms with van der Waals surface area (Å²) >= 11 is 3.39. The van der Waals surface area contributed by atoms with Gasteiger partial charge in [-0.2, -0.15) is 4.37 Å². The molecular weight excluding hydrogens is 214 g/mol. The molecular formula is C9H15N3S2. The molecule has 2 unspecified atom stereocenters. The zero-order valence-electron chi connectivity index (χ0n) is 8.27. The highest BCUT2D eigenvalue weighted by Gasteiger charge is 2.25. The van der Waals surface area contributed by atoms with Gasteiger partial charge in [0, 0.05) is 11.3 Å². The van der Waals surface area contributed by atoms with Crippen molar-refractivity contribution in [3.63, 3.8) is 0 Å². The molecule has 0 spiro atoms. The fourth-order valence-electron chi connectivity index (χ4n) is 1.91. The molecule has 78 valence electrons. The predicted octanol–water partition coefficient (Wildman–Crippen LogP) is 2.16. The van der Waals surface area contributed by atoms with Gasteiger partial charge in [0.25, 0.3) is 0 Å². The van der Waals surface area contributed by atoms with Crippen LogP contribution in [-0.4, -0.2) is 27.7 Å². The van der Waals surface area contributed by atoms with Crippen LogP contribution in [0.2, 0.25) is 0 Å². The molecule has 3 nitrogen and oxygen atoms in total. The van der Waals surface area contributed by atoms with Gasteiger partial charge in [-0.05, 0) is 31.4 Å². The van der Waals surface area contributed by atoms with Gasteiger partial charge >= 0.3 is 0 Å². The molecule has 2 atom stereocenters. The van der Waals surface area contributed by atoms with Gasteiger partial charge in [-0.25, -0.2) is 4.98 Å². The van der Waals surface area contributed by atoms with E-state index in [0.717, 1.165) is 4.34 Å². The number of hydrogen-bond acceptors (Lipinski definition) is 5. The van der Waals surface area contributed by atoms with Crippen molar-refractivity contribution in [2.75, 3.05) is 7.05 Å². The second-order valence-electron chi connectivity index (χ2n) is 3.54. The standard InChI is InChI=1S/C9H15N3S2/c1-10-7-4-2-3-5-8(7)13-9-11-6-12-14-9/h6-8,10H,2-5H2,1H3. The molecule has 1 saturated carbocycles. The molecule has 0 saturated heterocycles. The highest BCUT2D eigenvalue weighted by Crippen LogP contribution is 2.33. The van der Waals surface area contributed by atoms with E-state index < -0.39 is 0 Å². The molecule has 14 heavy (non-hydrogen) atoms. The average molecular weight is 229 g/mol. The number of nitrogens with one attached hydrogen (secondary N) is 1. The lowest BCUT2D eigenvalue weighted by Crippen LogP contribution is -2.38. The van der Waals surface area contributed by atoms with Crippen LogP contribution in [0.4, 0.5) is 0 Å². The first kappa shape index (κ1) is 10.4. The number of rotatable bonds is 3. The Morgan fingerprint density at radius 3 is 3.07 bits per heavy atom. The van der Waals surface area contributed by atoms with Crippen LogP contribution in [0.1, 0.15) is 25.7 Å². The first-order valence-corrected chi connectivity index (χ1v) is 6.66. The minimum atomic E-state index is 0.651. The molecule has 0 aliphatic heterocycles. The summed E-state index contributed by atoms with van der Waals surface area (Å²) in [6.07, 6.45) is 6.96. The number of nitrogens with zero attached hydrogens (tertiary/aromatic N) is 2. The van der Waals surface area contributed by atoms with Crippen LogP contribution in [0.25, 0.3) is 0 Å². The highest BCUT2D eigenvalue weighted by atomic mass is 32.2. The summed E-state index contributed by atoms with van der Waals surface area (Å²) in [7, 11) is 2.06. The monoisotopic (exact) mass is 229 g/mol. The summed E-state index contributed by atoms with van der Waals surface area (Å²) in [5.41, 5.74) is 0. The van der Waals surface area contributed by atoms with E-state index in [1.807, 2.05) is 11.8 Å². The van der Waals surface area contributed by atoms with Crippen LogP contribution in [0.5, 0.6) is 0 Å². The van der Waals surface area contributed by atoms with Gasteiger partial charge in [-0.3, -0.25) is 0 Å². The Labute approximate surface area is 92.9 Å². The van der Waals surface area contributed by atoms with Crippen LogP contribution < -0.4 is 5.32 Å². The maximum Gasteiger partial charge on any atom is 0.170 e. The SMILES string of the molecule is CNC1CCCCC1Sc1ncns1. The Bertz CT molecular complexity index is 263. The van der Waals surface area contributed by atoms with Crippen molar-refractivity contribution < 1.29 is 0 Å². The first-order chi connectivity index (χ1) is 6.90. The number of aromatic nitrogens is 2. The molecule has 0 bridgehead atoms. The van der Waals surface area contributed by atoms with E-state index in [1.54, 1.807) is 6.33 Å². The van der Waals surface area contributed by atoms with Crippen molar-refractivity contribution in [3.8, 4) is 0 Å². The summed E-state index contributed by atoms with van der Waals surface area (Å²) < 4.78 is 5.14. The van der Waals surface area contributed by atoms with Gasteiger partial charge < -0.3 is 5.32 Å². The van der Waals surface area contributed by atoms with Crippen molar-refractivity contribution in [1.82, 2.24) is 14.7 Å². The van der Waals surface area contributed by atoms with E-state index in [2.05, 4.69) is 21.7 Å². The lowest BCUT2D eigenvalue weighted by Gasteiger charge is -2.29. The zero-order chi connectivity index (χ0) is 9.80. The number of thioether (sulfide) groups is 1. The van der Waals surface area contributed by atoms with Crippen LogP contribution in [0.15, 0.2) is 10.7 Å². The Balaban J connectivity index is 1.94. The normalized spacial score (nSPS) is 27.8. The lowest BCUT2D eigenvalue weighted by molar-refractivity contribution is 0.405. The van der Waals surface area contributed by atoms with Crippen molar-refractivity contribution in [2.24, 2.45) is 0 Å². The lowest BCUT2D eigenvalue weighted by atomic mass is 9.95. The average Bonchev–Trinajstić information content (AvgIpc) is 2.71. The van der Waals surface area contributed by atoms with Crippen molar-refractivity contribution in [1.29, 1.82) is 0 Å². The van der Waals surface area contributed by atoms with Crippen molar-refractivity contribution in [2.45, 2.75) is 41.3 Å². The van der Waals surface area contributed by atoms with E-state index >= 15 is 0 Å². The molecule has 0 amide bonds. The largest absolute Gasteiger partial charge is 0.316 e. The Morgan fingerprint density at radius 2 is 2.36 bits per heavy atom. The van der Waals surface area contributed by atoms with Gasteiger partial charge in [0.2, 0.25) is 0 Å². The second kappa shape index (κ2) is 5.09. The molecule has 0 radical (unpaired) electrons. The van der Waals surface area contributed by atoms with Gasteiger partial charge in [0.1, 0.15) is 6.33 Å². The molecule has 1 aliphatic rings. The molecule has 1 aromatic heterocycles. The third kappa shape index (κ3) is 2.46. The topological polar surface area (TPSA) is 37.8 Å². The molecule has 1 fully saturated rings. The molecule has 1 aromatic rings. The maximum absolute atomic E-state index is 4.22.